The molecule has 2 unspecified atom stereocenters. The van der Waals surface area contributed by atoms with Crippen LogP contribution in [0.25, 0.3) is 0 Å². The van der Waals surface area contributed by atoms with E-state index in [4.69, 9.17) is 24.3 Å². The Hall–Kier alpha value is -0.760. The maximum Gasteiger partial charge on any atom is 0.472 e. The highest BCUT2D eigenvalue weighted by Crippen LogP contribution is 2.43. The van der Waals surface area contributed by atoms with Crippen molar-refractivity contribution in [3.8, 4) is 0 Å². The largest absolute Gasteiger partial charge is 0.472 e. The molecule has 0 rings (SSSR count). The molecule has 8 nitrogen and oxygen atoms in total. The number of nitrogens with two attached hydrogens (primary N) is 1. The Morgan fingerprint density at radius 3 is 1.40 bits per heavy atom. The molecule has 0 heterocycles. The molecule has 3 N–H and O–H groups in total. The van der Waals surface area contributed by atoms with Crippen LogP contribution in [0.5, 0.6) is 0 Å². The highest BCUT2D eigenvalue weighted by molar-refractivity contribution is 7.47. The smallest absolute Gasteiger partial charge is 0.457 e. The van der Waals surface area contributed by atoms with Gasteiger partial charge in [0.1, 0.15) is 6.10 Å². The van der Waals surface area contributed by atoms with Gasteiger partial charge in [0, 0.05) is 19.6 Å². The summed E-state index contributed by atoms with van der Waals surface area (Å²) in [7, 11) is -4.27. The minimum Gasteiger partial charge on any atom is -0.457 e. The Balaban J connectivity index is 3.99. The molecule has 0 aliphatic rings. The van der Waals surface area contributed by atoms with Crippen LogP contribution in [-0.4, -0.2) is 49.9 Å². The molecule has 9 heteroatoms. The van der Waals surface area contributed by atoms with E-state index in [-0.39, 0.29) is 32.3 Å². The van der Waals surface area contributed by atoms with Crippen LogP contribution >= 0.6 is 7.82 Å². The number of unbranched alkanes of at least 4 members (excludes halogenated alkanes) is 28. The molecule has 0 saturated heterocycles. The van der Waals surface area contributed by atoms with Crippen LogP contribution in [0, 0.1) is 0 Å². The fourth-order valence-corrected chi connectivity index (χ4v) is 7.17. The van der Waals surface area contributed by atoms with E-state index >= 15 is 0 Å². The quantitative estimate of drug-likeness (QED) is 0.0273. The van der Waals surface area contributed by atoms with Crippen molar-refractivity contribution in [3.63, 3.8) is 0 Å². The highest BCUT2D eigenvalue weighted by Gasteiger charge is 2.25. The van der Waals surface area contributed by atoms with Crippen molar-refractivity contribution in [2.24, 2.45) is 5.73 Å². The lowest BCUT2D eigenvalue weighted by Crippen LogP contribution is -2.28. The summed E-state index contributed by atoms with van der Waals surface area (Å²) in [6.45, 7) is 4.95. The summed E-state index contributed by atoms with van der Waals surface area (Å²) < 4.78 is 33.4. The third-order valence-corrected chi connectivity index (χ3v) is 10.7. The summed E-state index contributed by atoms with van der Waals surface area (Å²) in [4.78, 5) is 22.5. The van der Waals surface area contributed by atoms with E-state index in [1.165, 1.54) is 167 Å². The van der Waals surface area contributed by atoms with Crippen LogP contribution in [0.2, 0.25) is 0 Å². The second-order valence-electron chi connectivity index (χ2n) is 14.9. The zero-order valence-electron chi connectivity index (χ0n) is 34.3. The number of ether oxygens (including phenoxy) is 2. The van der Waals surface area contributed by atoms with Crippen molar-refractivity contribution >= 4 is 13.8 Å². The second-order valence-corrected chi connectivity index (χ2v) is 16.4. The van der Waals surface area contributed by atoms with Crippen molar-refractivity contribution in [3.05, 3.63) is 12.2 Å². The molecule has 0 aromatic carbocycles. The molecule has 0 aliphatic carbocycles. The van der Waals surface area contributed by atoms with Crippen molar-refractivity contribution < 1.29 is 32.8 Å². The molecule has 0 spiro atoms. The molecule has 310 valence electrons. The predicted molar refractivity (Wildman–Crippen MR) is 220 cm³/mol. The first-order chi connectivity index (χ1) is 25.4. The number of hydrogen-bond donors (Lipinski definition) is 2. The number of allylic oxidation sites excluding steroid dienone is 2. The molecule has 0 aliphatic heterocycles. The molecule has 52 heavy (non-hydrogen) atoms. The van der Waals surface area contributed by atoms with Crippen LogP contribution in [0.15, 0.2) is 12.2 Å². The van der Waals surface area contributed by atoms with Crippen LogP contribution < -0.4 is 5.73 Å². The fraction of sp³-hybridized carbons (Fsp3) is 0.930. The molecule has 0 amide bonds. The van der Waals surface area contributed by atoms with E-state index in [9.17, 15) is 14.3 Å². The van der Waals surface area contributed by atoms with Gasteiger partial charge in [0.2, 0.25) is 0 Å². The number of hydrogen-bond acceptors (Lipinski definition) is 7. The van der Waals surface area contributed by atoms with E-state index in [2.05, 4.69) is 26.0 Å². The number of esters is 1. The van der Waals surface area contributed by atoms with Gasteiger partial charge in [-0.3, -0.25) is 13.8 Å². The summed E-state index contributed by atoms with van der Waals surface area (Å²) in [6.07, 6.45) is 43.7. The lowest BCUT2D eigenvalue weighted by molar-refractivity contribution is -0.154. The van der Waals surface area contributed by atoms with Gasteiger partial charge in [-0.05, 0) is 38.5 Å². The first-order valence-electron chi connectivity index (χ1n) is 22.2. The fourth-order valence-electron chi connectivity index (χ4n) is 6.40. The Morgan fingerprint density at radius 2 is 0.962 bits per heavy atom. The predicted octanol–water partition coefficient (Wildman–Crippen LogP) is 13.1. The maximum absolute atomic E-state index is 12.6. The van der Waals surface area contributed by atoms with Crippen LogP contribution in [0.1, 0.15) is 219 Å². The number of carbonyl (C=O) groups is 1. The minimum absolute atomic E-state index is 0.0933. The average molecular weight is 760 g/mol. The third kappa shape index (κ3) is 40.4. The zero-order chi connectivity index (χ0) is 38.1. The molecule has 0 aromatic heterocycles. The Labute approximate surface area is 322 Å². The van der Waals surface area contributed by atoms with Gasteiger partial charge in [-0.25, -0.2) is 4.57 Å². The van der Waals surface area contributed by atoms with E-state index in [0.29, 0.717) is 13.0 Å². The molecular weight excluding hydrogens is 673 g/mol. The SMILES string of the molecule is CCCCCCCC/C=C\CCCCCCCCOCC(COP(=O)(O)OCCN)OC(=O)CCCCCCCCCCCCCCCCCCC. The van der Waals surface area contributed by atoms with E-state index in [0.717, 1.165) is 32.1 Å². The normalized spacial score (nSPS) is 13.5. The molecule has 2 atom stereocenters. The van der Waals surface area contributed by atoms with Crippen molar-refractivity contribution in [2.45, 2.75) is 225 Å². The number of phosphoric acid groups is 1. The first-order valence-corrected chi connectivity index (χ1v) is 23.7. The van der Waals surface area contributed by atoms with E-state index in [1.54, 1.807) is 0 Å². The lowest BCUT2D eigenvalue weighted by atomic mass is 10.0. The number of rotatable bonds is 43. The molecule has 0 fully saturated rings. The van der Waals surface area contributed by atoms with Gasteiger partial charge in [0.15, 0.2) is 0 Å². The summed E-state index contributed by atoms with van der Waals surface area (Å²) >= 11 is 0. The van der Waals surface area contributed by atoms with Crippen LogP contribution in [-0.2, 0) is 27.9 Å². The summed E-state index contributed by atoms with van der Waals surface area (Å²) in [5.41, 5.74) is 5.37. The molecule has 0 aromatic rings. The monoisotopic (exact) mass is 760 g/mol. The van der Waals surface area contributed by atoms with Crippen molar-refractivity contribution in [2.75, 3.05) is 33.0 Å². The number of phosphoric ester groups is 1. The van der Waals surface area contributed by atoms with E-state index < -0.39 is 13.9 Å². The van der Waals surface area contributed by atoms with Gasteiger partial charge in [-0.1, -0.05) is 187 Å². The Morgan fingerprint density at radius 1 is 0.558 bits per heavy atom. The van der Waals surface area contributed by atoms with Crippen molar-refractivity contribution in [1.29, 1.82) is 0 Å². The third-order valence-electron chi connectivity index (χ3n) is 9.68. The van der Waals surface area contributed by atoms with Gasteiger partial charge < -0.3 is 20.1 Å². The van der Waals surface area contributed by atoms with Crippen molar-refractivity contribution in [1.82, 2.24) is 0 Å². The second kappa shape index (κ2) is 41.4. The molecule has 0 radical (unpaired) electrons. The Kier molecular flexibility index (Phi) is 40.8. The van der Waals surface area contributed by atoms with Gasteiger partial charge >= 0.3 is 13.8 Å². The van der Waals surface area contributed by atoms with Crippen LogP contribution in [0.3, 0.4) is 0 Å². The standard InChI is InChI=1S/C43H86NO7P/c1-3-5-7-9-11-13-15-17-19-21-22-24-26-28-30-32-34-36-43(45)51-42(41-50-52(46,47)49-39-37-44)40-48-38-35-33-31-29-27-25-23-20-18-16-14-12-10-8-6-4-2/h18,20,42H,3-17,19,21-41,44H2,1-2H3,(H,46,47)/b20-18-. The molecule has 0 saturated carbocycles. The highest BCUT2D eigenvalue weighted by atomic mass is 31.2. The molecule has 0 bridgehead atoms. The topological polar surface area (TPSA) is 117 Å². The van der Waals surface area contributed by atoms with Gasteiger partial charge in [0.25, 0.3) is 0 Å². The maximum atomic E-state index is 12.6. The summed E-state index contributed by atoms with van der Waals surface area (Å²) in [5, 5.41) is 0. The van der Waals surface area contributed by atoms with E-state index in [1.807, 2.05) is 0 Å². The summed E-state index contributed by atoms with van der Waals surface area (Å²) in [5.74, 6) is -0.328. The average Bonchev–Trinajstić information content (AvgIpc) is 3.13. The van der Waals surface area contributed by atoms with Gasteiger partial charge in [-0.15, -0.1) is 0 Å². The first kappa shape index (κ1) is 51.2. The minimum atomic E-state index is -4.27. The number of carbonyl (C=O) groups excluding carboxylic acids is 1. The van der Waals surface area contributed by atoms with Gasteiger partial charge in [0.05, 0.1) is 19.8 Å². The molecular formula is C43H86NO7P. The van der Waals surface area contributed by atoms with Crippen LogP contribution in [0.4, 0.5) is 0 Å². The zero-order valence-corrected chi connectivity index (χ0v) is 35.2. The Bertz CT molecular complexity index is 812. The van der Waals surface area contributed by atoms with Gasteiger partial charge in [-0.2, -0.15) is 0 Å². The summed E-state index contributed by atoms with van der Waals surface area (Å²) in [6, 6.07) is 0. The lowest BCUT2D eigenvalue weighted by Gasteiger charge is -2.20.